The molecule has 3 nitrogen and oxygen atoms in total. The van der Waals surface area contributed by atoms with Crippen molar-refractivity contribution in [2.45, 2.75) is 12.5 Å². The lowest BCUT2D eigenvalue weighted by atomic mass is 10.2. The first kappa shape index (κ1) is 10.3. The lowest BCUT2D eigenvalue weighted by Crippen LogP contribution is -2.34. The summed E-state index contributed by atoms with van der Waals surface area (Å²) in [6.07, 6.45) is 0.666. The highest BCUT2D eigenvalue weighted by Crippen LogP contribution is 2.17. The summed E-state index contributed by atoms with van der Waals surface area (Å²) in [7, 11) is -1.03. The number of nitrogens with zero attached hydrogens (tertiary/aromatic N) is 1. The van der Waals surface area contributed by atoms with E-state index in [9.17, 15) is 8.42 Å². The van der Waals surface area contributed by atoms with Crippen LogP contribution in [0.5, 0.6) is 0 Å². The molecule has 1 aliphatic rings. The maximum absolute atomic E-state index is 11.1. The molecule has 1 atom stereocenters. The van der Waals surface area contributed by atoms with E-state index in [2.05, 4.69) is 12.6 Å². The van der Waals surface area contributed by atoms with Crippen molar-refractivity contribution >= 4 is 39.0 Å². The Morgan fingerprint density at radius 1 is 1.67 bits per heavy atom. The quantitative estimate of drug-likeness (QED) is 0.515. The minimum atomic E-state index is -2.81. The highest BCUT2D eigenvalue weighted by Gasteiger charge is 2.30. The molecule has 6 heteroatoms. The second-order valence-corrected chi connectivity index (χ2v) is 6.29. The Bertz CT molecular complexity index is 285. The van der Waals surface area contributed by atoms with Gasteiger partial charge in [0.15, 0.2) is 9.84 Å². The van der Waals surface area contributed by atoms with Gasteiger partial charge in [0.05, 0.1) is 11.5 Å². The molecule has 12 heavy (non-hydrogen) atoms. The van der Waals surface area contributed by atoms with Crippen molar-refractivity contribution in [2.75, 3.05) is 18.6 Å². The zero-order chi connectivity index (χ0) is 9.35. The third kappa shape index (κ3) is 2.34. The summed E-state index contributed by atoms with van der Waals surface area (Å²) >= 11 is 8.81. The van der Waals surface area contributed by atoms with E-state index < -0.39 is 9.84 Å². The van der Waals surface area contributed by atoms with E-state index in [0.717, 1.165) is 0 Å². The van der Waals surface area contributed by atoms with Crippen LogP contribution in [0, 0.1) is 0 Å². The van der Waals surface area contributed by atoms with Gasteiger partial charge in [0.25, 0.3) is 0 Å². The van der Waals surface area contributed by atoms with Crippen molar-refractivity contribution in [2.24, 2.45) is 0 Å². The summed E-state index contributed by atoms with van der Waals surface area (Å²) in [5.74, 6) is 0.489. The van der Waals surface area contributed by atoms with Crippen LogP contribution in [0.2, 0.25) is 0 Å². The molecule has 0 radical (unpaired) electrons. The molecule has 1 rings (SSSR count). The third-order valence-electron chi connectivity index (χ3n) is 2.06. The van der Waals surface area contributed by atoms with Gasteiger partial charge in [0.2, 0.25) is 0 Å². The maximum atomic E-state index is 11.1. The van der Waals surface area contributed by atoms with Gasteiger partial charge in [-0.15, -0.1) is 12.6 Å². The molecule has 70 valence electrons. The Kier molecular flexibility index (Phi) is 3.01. The van der Waals surface area contributed by atoms with Gasteiger partial charge in [-0.25, -0.2) is 8.42 Å². The van der Waals surface area contributed by atoms with E-state index in [1.165, 1.54) is 0 Å². The van der Waals surface area contributed by atoms with Crippen LogP contribution in [0.3, 0.4) is 0 Å². The van der Waals surface area contributed by atoms with Crippen molar-refractivity contribution in [1.29, 1.82) is 0 Å². The molecule has 0 unspecified atom stereocenters. The zero-order valence-electron chi connectivity index (χ0n) is 6.73. The molecule has 1 aliphatic heterocycles. The summed E-state index contributed by atoms with van der Waals surface area (Å²) in [4.78, 5) is 1.74. The van der Waals surface area contributed by atoms with Gasteiger partial charge < -0.3 is 4.90 Å². The van der Waals surface area contributed by atoms with Gasteiger partial charge >= 0.3 is 0 Å². The molecule has 0 aliphatic carbocycles. The summed E-state index contributed by atoms with van der Waals surface area (Å²) in [6.45, 7) is 0. The average Bonchev–Trinajstić information content (AvgIpc) is 2.28. The molecule has 0 aromatic rings. The van der Waals surface area contributed by atoms with Gasteiger partial charge in [0, 0.05) is 13.1 Å². The van der Waals surface area contributed by atoms with Crippen molar-refractivity contribution < 1.29 is 8.42 Å². The van der Waals surface area contributed by atoms with Gasteiger partial charge in [-0.2, -0.15) is 0 Å². The molecule has 0 saturated carbocycles. The van der Waals surface area contributed by atoms with E-state index in [1.54, 1.807) is 11.9 Å². The van der Waals surface area contributed by atoms with Crippen LogP contribution in [0.1, 0.15) is 6.42 Å². The number of thiocarbonyl (C=S) groups is 1. The Morgan fingerprint density at radius 3 is 2.58 bits per heavy atom. The minimum Gasteiger partial charge on any atom is -0.357 e. The van der Waals surface area contributed by atoms with Gasteiger partial charge in [-0.1, -0.05) is 12.2 Å². The monoisotopic (exact) mass is 225 g/mol. The first-order chi connectivity index (χ1) is 5.42. The molecular formula is C6H11NO2S3. The number of sulfone groups is 1. The van der Waals surface area contributed by atoms with Crippen LogP contribution < -0.4 is 0 Å². The summed E-state index contributed by atoms with van der Waals surface area (Å²) < 4.78 is 22.6. The SMILES string of the molecule is CN(C(=S)S)[C@@H]1CCS(=O)(=O)C1. The van der Waals surface area contributed by atoms with E-state index in [0.29, 0.717) is 10.7 Å². The van der Waals surface area contributed by atoms with Gasteiger partial charge in [-0.05, 0) is 6.42 Å². The van der Waals surface area contributed by atoms with Crippen molar-refractivity contribution in [3.05, 3.63) is 0 Å². The first-order valence-corrected chi connectivity index (χ1v) is 6.26. The summed E-state index contributed by atoms with van der Waals surface area (Å²) in [6, 6.07) is 0.0278. The van der Waals surface area contributed by atoms with Crippen LogP contribution in [-0.2, 0) is 9.84 Å². The summed E-state index contributed by atoms with van der Waals surface area (Å²) in [5, 5.41) is 0. The third-order valence-corrected chi connectivity index (χ3v) is 4.41. The lowest BCUT2D eigenvalue weighted by molar-refractivity contribution is 0.409. The number of rotatable bonds is 1. The highest BCUT2D eigenvalue weighted by molar-refractivity contribution is 8.10. The smallest absolute Gasteiger partial charge is 0.152 e. The van der Waals surface area contributed by atoms with E-state index >= 15 is 0 Å². The Balaban J connectivity index is 2.64. The topological polar surface area (TPSA) is 37.4 Å². The normalized spacial score (nSPS) is 27.0. The standard InChI is InChI=1S/C6H11NO2S3/c1-7(6(10)11)5-2-3-12(8,9)4-5/h5H,2-4H2,1H3,(H,10,11)/t5-/m1/s1. The molecule has 0 N–H and O–H groups in total. The maximum Gasteiger partial charge on any atom is 0.152 e. The van der Waals surface area contributed by atoms with Crippen molar-refractivity contribution in [3.8, 4) is 0 Å². The lowest BCUT2D eigenvalue weighted by Gasteiger charge is -2.22. The van der Waals surface area contributed by atoms with Crippen molar-refractivity contribution in [3.63, 3.8) is 0 Å². The molecular weight excluding hydrogens is 214 g/mol. The fraction of sp³-hybridized carbons (Fsp3) is 0.833. The molecule has 0 spiro atoms. The van der Waals surface area contributed by atoms with E-state index in [-0.39, 0.29) is 17.5 Å². The molecule has 1 saturated heterocycles. The predicted octanol–water partition coefficient (Wildman–Crippen LogP) is 0.320. The number of hydrogen-bond acceptors (Lipinski definition) is 3. The van der Waals surface area contributed by atoms with E-state index in [4.69, 9.17) is 12.2 Å². The molecule has 1 fully saturated rings. The molecule has 0 aromatic heterocycles. The van der Waals surface area contributed by atoms with Gasteiger partial charge in [-0.3, -0.25) is 0 Å². The number of thiol groups is 1. The molecule has 0 bridgehead atoms. The molecule has 0 amide bonds. The van der Waals surface area contributed by atoms with Crippen LogP contribution in [0.25, 0.3) is 0 Å². The van der Waals surface area contributed by atoms with Crippen molar-refractivity contribution in [1.82, 2.24) is 4.90 Å². The van der Waals surface area contributed by atoms with E-state index in [1.807, 2.05) is 0 Å². The largest absolute Gasteiger partial charge is 0.357 e. The fourth-order valence-corrected chi connectivity index (χ4v) is 3.32. The zero-order valence-corrected chi connectivity index (χ0v) is 9.25. The molecule has 0 aromatic carbocycles. The van der Waals surface area contributed by atoms with Crippen LogP contribution in [-0.4, -0.2) is 42.2 Å². The van der Waals surface area contributed by atoms with Crippen LogP contribution >= 0.6 is 24.8 Å². The van der Waals surface area contributed by atoms with Crippen LogP contribution in [0.15, 0.2) is 0 Å². The fourth-order valence-electron chi connectivity index (χ4n) is 1.24. The summed E-state index contributed by atoms with van der Waals surface area (Å²) in [5.41, 5.74) is 0. The Hall–Kier alpha value is 0.190. The number of hydrogen-bond donors (Lipinski definition) is 1. The molecule has 1 heterocycles. The second kappa shape index (κ2) is 3.51. The average molecular weight is 225 g/mol. The second-order valence-electron chi connectivity index (χ2n) is 2.95. The van der Waals surface area contributed by atoms with Gasteiger partial charge in [0.1, 0.15) is 4.32 Å². The first-order valence-electron chi connectivity index (χ1n) is 3.58. The Morgan fingerprint density at radius 2 is 2.25 bits per heavy atom. The minimum absolute atomic E-state index is 0.0278. The highest BCUT2D eigenvalue weighted by atomic mass is 32.2. The Labute approximate surface area is 83.5 Å². The van der Waals surface area contributed by atoms with Crippen LogP contribution in [0.4, 0.5) is 0 Å². The predicted molar refractivity (Wildman–Crippen MR) is 56.4 cm³/mol.